The number of hydrogen-bond donors (Lipinski definition) is 1. The molecule has 0 radical (unpaired) electrons. The average molecular weight is 291 g/mol. The van der Waals surface area contributed by atoms with Gasteiger partial charge in [-0.3, -0.25) is 4.98 Å². The average Bonchev–Trinajstić information content (AvgIpc) is 3.16. The highest BCUT2D eigenvalue weighted by Crippen LogP contribution is 2.35. The fourth-order valence-electron chi connectivity index (χ4n) is 3.70. The second kappa shape index (κ2) is 5.25. The van der Waals surface area contributed by atoms with Gasteiger partial charge in [0.05, 0.1) is 0 Å². The standard InChI is InChI=1S/C19H21N3/c1-22-11-7-15-12-16(5-6-18(15)22)19(8-10-20-14-19)13-17-4-2-3-9-21-17/h2-7,9,11-12,20H,8,10,13-14H2,1H3. The van der Waals surface area contributed by atoms with Crippen LogP contribution in [0.5, 0.6) is 0 Å². The number of nitrogens with one attached hydrogen (secondary N) is 1. The van der Waals surface area contributed by atoms with Crippen molar-refractivity contribution in [2.75, 3.05) is 13.1 Å². The Hall–Kier alpha value is -2.13. The molecule has 1 aliphatic heterocycles. The van der Waals surface area contributed by atoms with Gasteiger partial charge in [0.25, 0.3) is 0 Å². The van der Waals surface area contributed by atoms with Crippen LogP contribution < -0.4 is 5.32 Å². The molecule has 4 rings (SSSR count). The molecular formula is C19H21N3. The van der Waals surface area contributed by atoms with Gasteiger partial charge in [-0.1, -0.05) is 12.1 Å². The van der Waals surface area contributed by atoms with Crippen LogP contribution in [0.3, 0.4) is 0 Å². The molecule has 3 heterocycles. The molecule has 0 bridgehead atoms. The fraction of sp³-hybridized carbons (Fsp3) is 0.316. The summed E-state index contributed by atoms with van der Waals surface area (Å²) in [7, 11) is 2.10. The van der Waals surface area contributed by atoms with Gasteiger partial charge in [-0.2, -0.15) is 0 Å². The lowest BCUT2D eigenvalue weighted by Crippen LogP contribution is -2.32. The molecule has 1 aliphatic rings. The maximum absolute atomic E-state index is 4.55. The van der Waals surface area contributed by atoms with Crippen molar-refractivity contribution in [3.05, 3.63) is 66.1 Å². The van der Waals surface area contributed by atoms with Gasteiger partial charge in [0.1, 0.15) is 0 Å². The molecule has 2 aromatic heterocycles. The zero-order valence-electron chi connectivity index (χ0n) is 12.9. The van der Waals surface area contributed by atoms with E-state index in [4.69, 9.17) is 0 Å². The van der Waals surface area contributed by atoms with Gasteiger partial charge in [0.2, 0.25) is 0 Å². The number of aromatic nitrogens is 2. The highest BCUT2D eigenvalue weighted by Gasteiger charge is 2.36. The molecule has 1 atom stereocenters. The second-order valence-corrected chi connectivity index (χ2v) is 6.41. The van der Waals surface area contributed by atoms with E-state index in [2.05, 4.69) is 64.5 Å². The van der Waals surface area contributed by atoms with Gasteiger partial charge in [-0.25, -0.2) is 0 Å². The number of rotatable bonds is 3. The molecule has 3 heteroatoms. The lowest BCUT2D eigenvalue weighted by molar-refractivity contribution is 0.462. The Morgan fingerprint density at radius 1 is 1.23 bits per heavy atom. The normalized spacial score (nSPS) is 21.5. The highest BCUT2D eigenvalue weighted by atomic mass is 14.9. The first kappa shape index (κ1) is 13.5. The number of nitrogens with zero attached hydrogens (tertiary/aromatic N) is 2. The Kier molecular flexibility index (Phi) is 3.23. The van der Waals surface area contributed by atoms with Crippen LogP contribution >= 0.6 is 0 Å². The molecule has 112 valence electrons. The van der Waals surface area contributed by atoms with Crippen molar-refractivity contribution in [2.24, 2.45) is 7.05 Å². The zero-order valence-corrected chi connectivity index (χ0v) is 12.9. The van der Waals surface area contributed by atoms with E-state index < -0.39 is 0 Å². The predicted molar refractivity (Wildman–Crippen MR) is 90.0 cm³/mol. The summed E-state index contributed by atoms with van der Waals surface area (Å²) < 4.78 is 2.18. The molecule has 1 saturated heterocycles. The molecule has 1 aromatic carbocycles. The van der Waals surface area contributed by atoms with E-state index in [1.165, 1.54) is 28.6 Å². The summed E-state index contributed by atoms with van der Waals surface area (Å²) in [4.78, 5) is 4.55. The Morgan fingerprint density at radius 3 is 2.95 bits per heavy atom. The van der Waals surface area contributed by atoms with Crippen LogP contribution in [0.15, 0.2) is 54.9 Å². The molecule has 1 N–H and O–H groups in total. The smallest absolute Gasteiger partial charge is 0.0477 e. The first-order valence-corrected chi connectivity index (χ1v) is 7.93. The monoisotopic (exact) mass is 291 g/mol. The summed E-state index contributed by atoms with van der Waals surface area (Å²) in [6, 6.07) is 15.3. The molecule has 22 heavy (non-hydrogen) atoms. The van der Waals surface area contributed by atoms with E-state index in [-0.39, 0.29) is 5.41 Å². The summed E-state index contributed by atoms with van der Waals surface area (Å²) in [5, 5.41) is 4.88. The number of hydrogen-bond acceptors (Lipinski definition) is 2. The fourth-order valence-corrected chi connectivity index (χ4v) is 3.70. The lowest BCUT2D eigenvalue weighted by atomic mass is 9.75. The molecule has 0 saturated carbocycles. The Balaban J connectivity index is 1.76. The van der Waals surface area contributed by atoms with E-state index in [0.29, 0.717) is 0 Å². The second-order valence-electron chi connectivity index (χ2n) is 6.41. The maximum atomic E-state index is 4.55. The van der Waals surface area contributed by atoms with Crippen molar-refractivity contribution in [1.29, 1.82) is 0 Å². The zero-order chi connectivity index (χ0) is 15.0. The maximum Gasteiger partial charge on any atom is 0.0477 e. The van der Waals surface area contributed by atoms with Gasteiger partial charge in [-0.15, -0.1) is 0 Å². The van der Waals surface area contributed by atoms with Gasteiger partial charge in [0.15, 0.2) is 0 Å². The van der Waals surface area contributed by atoms with Crippen LogP contribution in [-0.2, 0) is 18.9 Å². The minimum Gasteiger partial charge on any atom is -0.351 e. The number of fused-ring (bicyclic) bond motifs is 1. The first-order chi connectivity index (χ1) is 10.8. The third-order valence-corrected chi connectivity index (χ3v) is 4.99. The highest BCUT2D eigenvalue weighted by molar-refractivity contribution is 5.81. The molecule has 0 aliphatic carbocycles. The summed E-state index contributed by atoms with van der Waals surface area (Å²) in [6.07, 6.45) is 6.19. The van der Waals surface area contributed by atoms with Crippen LogP contribution in [0.1, 0.15) is 17.7 Å². The number of aryl methyl sites for hydroxylation is 1. The Bertz CT molecular complexity index is 783. The van der Waals surface area contributed by atoms with E-state index in [9.17, 15) is 0 Å². The van der Waals surface area contributed by atoms with Gasteiger partial charge in [0, 0.05) is 49.0 Å². The van der Waals surface area contributed by atoms with Crippen molar-refractivity contribution in [1.82, 2.24) is 14.9 Å². The van der Waals surface area contributed by atoms with Crippen molar-refractivity contribution in [3.63, 3.8) is 0 Å². The Labute approximate surface area is 131 Å². The third-order valence-electron chi connectivity index (χ3n) is 4.99. The summed E-state index contributed by atoms with van der Waals surface area (Å²) in [5.74, 6) is 0. The van der Waals surface area contributed by atoms with Crippen molar-refractivity contribution >= 4 is 10.9 Å². The largest absolute Gasteiger partial charge is 0.351 e. The van der Waals surface area contributed by atoms with E-state index >= 15 is 0 Å². The Morgan fingerprint density at radius 2 is 2.18 bits per heavy atom. The minimum absolute atomic E-state index is 0.165. The van der Waals surface area contributed by atoms with Crippen molar-refractivity contribution < 1.29 is 0 Å². The molecular weight excluding hydrogens is 270 g/mol. The summed E-state index contributed by atoms with van der Waals surface area (Å²) >= 11 is 0. The van der Waals surface area contributed by atoms with Crippen LogP contribution in [0, 0.1) is 0 Å². The van der Waals surface area contributed by atoms with E-state index in [1.807, 2.05) is 12.3 Å². The van der Waals surface area contributed by atoms with E-state index in [1.54, 1.807) is 0 Å². The van der Waals surface area contributed by atoms with Gasteiger partial charge in [-0.05, 0) is 54.2 Å². The van der Waals surface area contributed by atoms with Crippen molar-refractivity contribution in [2.45, 2.75) is 18.3 Å². The molecule has 0 amide bonds. The molecule has 3 nitrogen and oxygen atoms in total. The molecule has 0 spiro atoms. The number of benzene rings is 1. The number of pyridine rings is 1. The summed E-state index contributed by atoms with van der Waals surface area (Å²) in [6.45, 7) is 2.11. The topological polar surface area (TPSA) is 29.9 Å². The van der Waals surface area contributed by atoms with E-state index in [0.717, 1.165) is 19.5 Å². The minimum atomic E-state index is 0.165. The van der Waals surface area contributed by atoms with Crippen LogP contribution in [0.4, 0.5) is 0 Å². The SMILES string of the molecule is Cn1ccc2cc(C3(Cc4ccccn4)CCNC3)ccc21. The van der Waals surface area contributed by atoms with Gasteiger partial charge < -0.3 is 9.88 Å². The van der Waals surface area contributed by atoms with Gasteiger partial charge >= 0.3 is 0 Å². The van der Waals surface area contributed by atoms with Crippen molar-refractivity contribution in [3.8, 4) is 0 Å². The quantitative estimate of drug-likeness (QED) is 0.804. The molecule has 1 fully saturated rings. The predicted octanol–water partition coefficient (Wildman–Crippen LogP) is 3.05. The third kappa shape index (κ3) is 2.22. The molecule has 1 unspecified atom stereocenters. The summed E-state index contributed by atoms with van der Waals surface area (Å²) in [5.41, 5.74) is 4.07. The molecule has 3 aromatic rings. The lowest BCUT2D eigenvalue weighted by Gasteiger charge is -2.29. The van der Waals surface area contributed by atoms with Crippen LogP contribution in [0.2, 0.25) is 0 Å². The van der Waals surface area contributed by atoms with Crippen LogP contribution in [-0.4, -0.2) is 22.6 Å². The van der Waals surface area contributed by atoms with Crippen LogP contribution in [0.25, 0.3) is 10.9 Å². The first-order valence-electron chi connectivity index (χ1n) is 7.93.